The molecular weight excluding hydrogens is 131 g/mol. The van der Waals surface area contributed by atoms with Gasteiger partial charge in [0.05, 0.1) is 0 Å². The van der Waals surface area contributed by atoms with E-state index in [2.05, 4.69) is 27.7 Å². The van der Waals surface area contributed by atoms with E-state index in [-0.39, 0.29) is 32.4 Å². The van der Waals surface area contributed by atoms with Crippen LogP contribution in [0.2, 0.25) is 0 Å². The van der Waals surface area contributed by atoms with Crippen molar-refractivity contribution in [2.75, 3.05) is 0 Å². The van der Waals surface area contributed by atoms with E-state index in [1.165, 1.54) is 0 Å². The first-order valence-electron chi connectivity index (χ1n) is 3.98. The normalized spacial score (nSPS) is 16.4. The third kappa shape index (κ3) is 4.87. The molecule has 0 aliphatic heterocycles. The number of nitrogens with two attached hydrogens (primary N) is 2. The second kappa shape index (κ2) is 6.08. The van der Waals surface area contributed by atoms with Gasteiger partial charge in [-0.15, -0.1) is 0 Å². The molecule has 0 bridgehead atoms. The third-order valence-corrected chi connectivity index (χ3v) is 1.98. The fourth-order valence-corrected chi connectivity index (χ4v) is 0.889. The van der Waals surface area contributed by atoms with Gasteiger partial charge in [0.25, 0.3) is 0 Å². The Labute approximate surface area is 83.8 Å². The van der Waals surface area contributed by atoms with Gasteiger partial charge < -0.3 is 12.9 Å². The van der Waals surface area contributed by atoms with Gasteiger partial charge in [0.15, 0.2) is 0 Å². The third-order valence-electron chi connectivity index (χ3n) is 1.98. The molecule has 0 amide bonds. The summed E-state index contributed by atoms with van der Waals surface area (Å²) >= 11 is 0. The molecule has 0 radical (unpaired) electrons. The molecule has 0 rings (SSSR count). The molecule has 0 fully saturated rings. The van der Waals surface area contributed by atoms with Crippen LogP contribution in [0.4, 0.5) is 0 Å². The van der Waals surface area contributed by atoms with Crippen molar-refractivity contribution in [3.8, 4) is 0 Å². The van der Waals surface area contributed by atoms with E-state index in [0.29, 0.717) is 11.8 Å². The van der Waals surface area contributed by atoms with Gasteiger partial charge in [-0.05, 0) is 11.8 Å². The van der Waals surface area contributed by atoms with Crippen LogP contribution in [-0.4, -0.2) is 12.1 Å². The zero-order chi connectivity index (χ0) is 8.31. The average molecular weight is 152 g/mol. The Morgan fingerprint density at radius 3 is 1.09 bits per heavy atom. The van der Waals surface area contributed by atoms with E-state index in [9.17, 15) is 0 Å². The summed E-state index contributed by atoms with van der Waals surface area (Å²) in [5.74, 6) is 0.967. The van der Waals surface area contributed by atoms with Crippen LogP contribution in [0.25, 0.3) is 0 Å². The molecule has 0 aromatic heterocycles. The van der Waals surface area contributed by atoms with E-state index in [4.69, 9.17) is 11.5 Å². The number of rotatable bonds is 3. The summed E-state index contributed by atoms with van der Waals surface area (Å²) in [6.07, 6.45) is 0. The van der Waals surface area contributed by atoms with Crippen LogP contribution >= 0.6 is 0 Å². The molecule has 2 atom stereocenters. The minimum Gasteiger partial charge on any atom is -1.00 e. The summed E-state index contributed by atoms with van der Waals surface area (Å²) in [6, 6.07) is 0.278. The summed E-state index contributed by atoms with van der Waals surface area (Å²) in [5.41, 5.74) is 11.7. The zero-order valence-electron chi connectivity index (χ0n) is 9.46. The van der Waals surface area contributed by atoms with E-state index >= 15 is 0 Å². The van der Waals surface area contributed by atoms with Crippen molar-refractivity contribution in [1.29, 1.82) is 0 Å². The van der Waals surface area contributed by atoms with E-state index in [1.54, 1.807) is 0 Å². The Bertz CT molecular complexity index is 87.1. The van der Waals surface area contributed by atoms with E-state index < -0.39 is 0 Å². The Kier molecular flexibility index (Phi) is 7.77. The van der Waals surface area contributed by atoms with Crippen molar-refractivity contribution in [1.82, 2.24) is 0 Å². The van der Waals surface area contributed by atoms with Crippen LogP contribution in [0.5, 0.6) is 0 Å². The molecule has 0 saturated carbocycles. The largest absolute Gasteiger partial charge is 1.00 e. The fourth-order valence-electron chi connectivity index (χ4n) is 0.889. The van der Waals surface area contributed by atoms with Gasteiger partial charge in [-0.3, -0.25) is 0 Å². The Balaban J connectivity index is -0.000000405. The van der Waals surface area contributed by atoms with Gasteiger partial charge in [0.1, 0.15) is 0 Å². The van der Waals surface area contributed by atoms with Crippen molar-refractivity contribution in [2.45, 2.75) is 39.8 Å². The second-order valence-electron chi connectivity index (χ2n) is 3.64. The summed E-state index contributed by atoms with van der Waals surface area (Å²) in [4.78, 5) is 0. The quantitative estimate of drug-likeness (QED) is 0.463. The van der Waals surface area contributed by atoms with Gasteiger partial charge in [-0.25, -0.2) is 0 Å². The summed E-state index contributed by atoms with van der Waals surface area (Å²) < 4.78 is 0. The summed E-state index contributed by atoms with van der Waals surface area (Å²) in [6.45, 7) is 8.42. The maximum atomic E-state index is 5.84. The summed E-state index contributed by atoms with van der Waals surface area (Å²) in [7, 11) is 0. The molecule has 11 heavy (non-hydrogen) atoms. The molecular formula is C8H21LiN2. The molecule has 0 aromatic carbocycles. The zero-order valence-corrected chi connectivity index (χ0v) is 8.46. The predicted molar refractivity (Wildman–Crippen MR) is 46.7 cm³/mol. The number of hydrogen-bond donors (Lipinski definition) is 2. The Morgan fingerprint density at radius 2 is 1.00 bits per heavy atom. The Hall–Kier alpha value is 0.517. The van der Waals surface area contributed by atoms with Gasteiger partial charge in [0, 0.05) is 12.1 Å². The SMILES string of the molecule is CC(C)C(N)C(N)C(C)C.[H-].[Li+]. The fraction of sp³-hybridized carbons (Fsp3) is 1.00. The standard InChI is InChI=1S/C8H20N2.Li.H/c1-5(2)7(9)8(10)6(3)4;;/h5-8H,9-10H2,1-4H3;;/q;+1;-1. The van der Waals surface area contributed by atoms with Crippen LogP contribution in [-0.2, 0) is 0 Å². The molecule has 0 saturated heterocycles. The molecule has 2 unspecified atom stereocenters. The minimum atomic E-state index is 0. The van der Waals surface area contributed by atoms with E-state index in [0.717, 1.165) is 0 Å². The van der Waals surface area contributed by atoms with Gasteiger partial charge in [-0.2, -0.15) is 0 Å². The second-order valence-corrected chi connectivity index (χ2v) is 3.64. The predicted octanol–water partition coefficient (Wildman–Crippen LogP) is -1.93. The van der Waals surface area contributed by atoms with Crippen molar-refractivity contribution in [2.24, 2.45) is 23.3 Å². The van der Waals surface area contributed by atoms with Crippen molar-refractivity contribution in [3.63, 3.8) is 0 Å². The molecule has 2 nitrogen and oxygen atoms in total. The number of hydrogen-bond acceptors (Lipinski definition) is 2. The Morgan fingerprint density at radius 1 is 0.818 bits per heavy atom. The van der Waals surface area contributed by atoms with Gasteiger partial charge in [0.2, 0.25) is 0 Å². The molecule has 3 heteroatoms. The van der Waals surface area contributed by atoms with Gasteiger partial charge >= 0.3 is 18.9 Å². The van der Waals surface area contributed by atoms with Crippen LogP contribution in [0.1, 0.15) is 29.1 Å². The monoisotopic (exact) mass is 152 g/mol. The average Bonchev–Trinajstić information content (AvgIpc) is 1.84. The van der Waals surface area contributed by atoms with Crippen molar-refractivity contribution < 1.29 is 20.3 Å². The topological polar surface area (TPSA) is 52.0 Å². The van der Waals surface area contributed by atoms with Crippen LogP contribution in [0, 0.1) is 11.8 Å². The summed E-state index contributed by atoms with van der Waals surface area (Å²) in [5, 5.41) is 0. The molecule has 0 heterocycles. The molecule has 64 valence electrons. The van der Waals surface area contributed by atoms with E-state index in [1.807, 2.05) is 0 Å². The minimum absolute atomic E-state index is 0. The maximum absolute atomic E-state index is 5.84. The van der Waals surface area contributed by atoms with Crippen LogP contribution < -0.4 is 30.3 Å². The maximum Gasteiger partial charge on any atom is 1.00 e. The first-order valence-corrected chi connectivity index (χ1v) is 3.98. The smallest absolute Gasteiger partial charge is 1.00 e. The first kappa shape index (κ1) is 14.1. The molecule has 0 aliphatic rings. The van der Waals surface area contributed by atoms with Crippen molar-refractivity contribution in [3.05, 3.63) is 0 Å². The molecule has 0 spiro atoms. The van der Waals surface area contributed by atoms with Gasteiger partial charge in [-0.1, -0.05) is 27.7 Å². The van der Waals surface area contributed by atoms with Crippen LogP contribution in [0.3, 0.4) is 0 Å². The van der Waals surface area contributed by atoms with Crippen LogP contribution in [0.15, 0.2) is 0 Å². The molecule has 0 aliphatic carbocycles. The molecule has 0 aromatic rings. The molecule has 4 N–H and O–H groups in total. The van der Waals surface area contributed by atoms with Crippen molar-refractivity contribution >= 4 is 0 Å². The first-order chi connectivity index (χ1) is 4.46.